The number of hydrogen-bond donors (Lipinski definition) is 1. The lowest BCUT2D eigenvalue weighted by molar-refractivity contribution is 0.0883. The molecule has 0 aliphatic heterocycles. The zero-order valence-corrected chi connectivity index (χ0v) is 11.8. The van der Waals surface area contributed by atoms with Crippen LogP contribution in [0.2, 0.25) is 0 Å². The number of Topliss-reactive ketones (excluding diaryl/α,β-unsaturated/α-hetero) is 1. The summed E-state index contributed by atoms with van der Waals surface area (Å²) in [4.78, 5) is 12.4. The molecule has 2 rings (SSSR count). The molecule has 0 spiro atoms. The van der Waals surface area contributed by atoms with E-state index in [0.717, 1.165) is 18.4 Å². The van der Waals surface area contributed by atoms with Crippen molar-refractivity contribution in [1.82, 2.24) is 0 Å². The van der Waals surface area contributed by atoms with Gasteiger partial charge in [0, 0.05) is 5.56 Å². The molecule has 1 aliphatic rings. The highest BCUT2D eigenvalue weighted by Gasteiger charge is 2.44. The molecule has 0 saturated heterocycles. The predicted molar refractivity (Wildman–Crippen MR) is 74.8 cm³/mol. The minimum Gasteiger partial charge on any atom is -0.319 e. The Morgan fingerprint density at radius 2 is 1.61 bits per heavy atom. The predicted octanol–water partition coefficient (Wildman–Crippen LogP) is 3.29. The number of ketones is 1. The summed E-state index contributed by atoms with van der Waals surface area (Å²) in [6, 6.07) is 7.90. The van der Waals surface area contributed by atoms with Crippen molar-refractivity contribution < 1.29 is 4.79 Å². The maximum Gasteiger partial charge on any atom is 0.182 e. The minimum absolute atomic E-state index is 0.0745. The summed E-state index contributed by atoms with van der Waals surface area (Å²) >= 11 is 0. The molecule has 98 valence electrons. The molecular weight excluding hydrogens is 222 g/mol. The molecule has 2 N–H and O–H groups in total. The van der Waals surface area contributed by atoms with Gasteiger partial charge in [-0.15, -0.1) is 0 Å². The molecule has 2 nitrogen and oxygen atoms in total. The van der Waals surface area contributed by atoms with E-state index in [1.165, 1.54) is 5.56 Å². The van der Waals surface area contributed by atoms with Crippen molar-refractivity contribution in [2.24, 2.45) is 11.7 Å². The molecule has 1 saturated carbocycles. The number of hydrogen-bond acceptors (Lipinski definition) is 2. The van der Waals surface area contributed by atoms with E-state index < -0.39 is 5.54 Å². The van der Waals surface area contributed by atoms with Gasteiger partial charge >= 0.3 is 0 Å². The van der Waals surface area contributed by atoms with Crippen LogP contribution in [0.15, 0.2) is 24.3 Å². The summed E-state index contributed by atoms with van der Waals surface area (Å²) in [5, 5.41) is 0. The molecule has 1 aliphatic carbocycles. The van der Waals surface area contributed by atoms with Crippen LogP contribution in [-0.2, 0) is 5.41 Å². The first-order chi connectivity index (χ1) is 8.23. The maximum atomic E-state index is 12.4. The Morgan fingerprint density at radius 1 is 1.11 bits per heavy atom. The van der Waals surface area contributed by atoms with Gasteiger partial charge in [0.2, 0.25) is 0 Å². The van der Waals surface area contributed by atoms with E-state index >= 15 is 0 Å². The highest BCUT2D eigenvalue weighted by atomic mass is 16.1. The van der Waals surface area contributed by atoms with Crippen LogP contribution in [0.1, 0.15) is 56.5 Å². The van der Waals surface area contributed by atoms with E-state index in [9.17, 15) is 4.79 Å². The minimum atomic E-state index is -0.691. The van der Waals surface area contributed by atoms with Crippen LogP contribution < -0.4 is 5.73 Å². The second kappa shape index (κ2) is 4.20. The Hall–Kier alpha value is -1.15. The van der Waals surface area contributed by atoms with Crippen molar-refractivity contribution in [3.05, 3.63) is 35.4 Å². The molecule has 18 heavy (non-hydrogen) atoms. The van der Waals surface area contributed by atoms with Crippen molar-refractivity contribution in [3.8, 4) is 0 Å². The summed E-state index contributed by atoms with van der Waals surface area (Å²) < 4.78 is 0. The number of rotatable bonds is 3. The molecule has 1 atom stereocenters. The van der Waals surface area contributed by atoms with E-state index in [4.69, 9.17) is 5.73 Å². The third kappa shape index (κ3) is 2.49. The van der Waals surface area contributed by atoms with Gasteiger partial charge in [0.05, 0.1) is 5.54 Å². The van der Waals surface area contributed by atoms with Crippen molar-refractivity contribution in [2.75, 3.05) is 0 Å². The molecule has 0 radical (unpaired) electrons. The molecule has 0 bridgehead atoms. The van der Waals surface area contributed by atoms with Crippen LogP contribution in [0.4, 0.5) is 0 Å². The molecule has 0 heterocycles. The zero-order valence-electron chi connectivity index (χ0n) is 11.8. The maximum absolute atomic E-state index is 12.4. The molecule has 2 heteroatoms. The van der Waals surface area contributed by atoms with Gasteiger partial charge in [0.1, 0.15) is 0 Å². The first-order valence-corrected chi connectivity index (χ1v) is 6.67. The Morgan fingerprint density at radius 3 is 2.00 bits per heavy atom. The Kier molecular flexibility index (Phi) is 3.10. The molecular formula is C16H23NO. The van der Waals surface area contributed by atoms with Crippen LogP contribution in [-0.4, -0.2) is 11.3 Å². The third-order valence-corrected chi connectivity index (χ3v) is 3.93. The normalized spacial score (nSPS) is 19.4. The lowest BCUT2D eigenvalue weighted by atomic mass is 9.84. The average Bonchev–Trinajstić information content (AvgIpc) is 3.11. The van der Waals surface area contributed by atoms with E-state index in [1.807, 2.05) is 31.2 Å². The topological polar surface area (TPSA) is 43.1 Å². The van der Waals surface area contributed by atoms with Gasteiger partial charge in [-0.1, -0.05) is 45.0 Å². The van der Waals surface area contributed by atoms with Gasteiger partial charge < -0.3 is 5.73 Å². The first kappa shape index (κ1) is 13.3. The highest BCUT2D eigenvalue weighted by Crippen LogP contribution is 2.39. The quantitative estimate of drug-likeness (QED) is 0.830. The van der Waals surface area contributed by atoms with Crippen LogP contribution in [0, 0.1) is 5.92 Å². The van der Waals surface area contributed by atoms with Gasteiger partial charge in [-0.05, 0) is 36.7 Å². The van der Waals surface area contributed by atoms with Gasteiger partial charge in [0.25, 0.3) is 0 Å². The Labute approximate surface area is 110 Å². The second-order valence-corrected chi connectivity index (χ2v) is 6.71. The largest absolute Gasteiger partial charge is 0.319 e. The summed E-state index contributed by atoms with van der Waals surface area (Å²) in [6.07, 6.45) is 2.16. The monoisotopic (exact) mass is 245 g/mol. The van der Waals surface area contributed by atoms with Crippen LogP contribution in [0.3, 0.4) is 0 Å². The fraction of sp³-hybridized carbons (Fsp3) is 0.562. The van der Waals surface area contributed by atoms with E-state index in [1.54, 1.807) is 0 Å². The van der Waals surface area contributed by atoms with E-state index in [-0.39, 0.29) is 11.2 Å². The molecule has 0 aromatic heterocycles. The van der Waals surface area contributed by atoms with Crippen LogP contribution >= 0.6 is 0 Å². The Bertz CT molecular complexity index is 447. The zero-order chi connectivity index (χ0) is 13.6. The lowest BCUT2D eigenvalue weighted by Gasteiger charge is -2.24. The molecule has 1 aromatic carbocycles. The van der Waals surface area contributed by atoms with Crippen molar-refractivity contribution in [2.45, 2.75) is 51.5 Å². The second-order valence-electron chi connectivity index (χ2n) is 6.71. The van der Waals surface area contributed by atoms with E-state index in [2.05, 4.69) is 20.8 Å². The number of carbonyl (C=O) groups is 1. The van der Waals surface area contributed by atoms with Crippen molar-refractivity contribution >= 4 is 5.78 Å². The summed E-state index contributed by atoms with van der Waals surface area (Å²) in [5.41, 5.74) is 7.57. The SMILES string of the molecule is CC(C)(C)c1ccc(C(=O)C(C)(N)C2CC2)cc1. The molecule has 1 aromatic rings. The summed E-state index contributed by atoms with van der Waals surface area (Å²) in [7, 11) is 0. The first-order valence-electron chi connectivity index (χ1n) is 6.67. The standard InChI is InChI=1S/C16H23NO/c1-15(2,3)12-7-5-11(6-8-12)14(18)16(4,17)13-9-10-13/h5-8,13H,9-10,17H2,1-4H3. The third-order valence-electron chi connectivity index (χ3n) is 3.93. The number of benzene rings is 1. The van der Waals surface area contributed by atoms with Gasteiger partial charge in [-0.2, -0.15) is 0 Å². The lowest BCUT2D eigenvalue weighted by Crippen LogP contribution is -2.47. The number of carbonyl (C=O) groups excluding carboxylic acids is 1. The molecule has 0 amide bonds. The van der Waals surface area contributed by atoms with Crippen molar-refractivity contribution in [3.63, 3.8) is 0 Å². The smallest absolute Gasteiger partial charge is 0.182 e. The van der Waals surface area contributed by atoms with Crippen LogP contribution in [0.5, 0.6) is 0 Å². The molecule has 1 unspecified atom stereocenters. The highest BCUT2D eigenvalue weighted by molar-refractivity contribution is 6.03. The number of nitrogens with two attached hydrogens (primary N) is 1. The summed E-state index contributed by atoms with van der Waals surface area (Å²) in [6.45, 7) is 8.37. The summed E-state index contributed by atoms with van der Waals surface area (Å²) in [5.74, 6) is 0.442. The molecule has 1 fully saturated rings. The van der Waals surface area contributed by atoms with Gasteiger partial charge in [0.15, 0.2) is 5.78 Å². The van der Waals surface area contributed by atoms with Crippen LogP contribution in [0.25, 0.3) is 0 Å². The van der Waals surface area contributed by atoms with Gasteiger partial charge in [-0.3, -0.25) is 4.79 Å². The fourth-order valence-corrected chi connectivity index (χ4v) is 2.30. The van der Waals surface area contributed by atoms with Gasteiger partial charge in [-0.25, -0.2) is 0 Å². The average molecular weight is 245 g/mol. The van der Waals surface area contributed by atoms with Crippen molar-refractivity contribution in [1.29, 1.82) is 0 Å². The van der Waals surface area contributed by atoms with E-state index in [0.29, 0.717) is 5.92 Å². The Balaban J connectivity index is 2.22. The fourth-order valence-electron chi connectivity index (χ4n) is 2.30.